The SMILES string of the molecule is COCCN1CC[C@H](Nc2ncc([N+](=O)[O-])cc2Br)C1. The number of halogens is 1. The van der Waals surface area contributed by atoms with E-state index in [1.165, 1.54) is 12.3 Å². The van der Waals surface area contributed by atoms with Crippen molar-refractivity contribution in [1.29, 1.82) is 0 Å². The highest BCUT2D eigenvalue weighted by Crippen LogP contribution is 2.26. The zero-order valence-electron chi connectivity index (χ0n) is 11.2. The Morgan fingerprint density at radius 1 is 1.70 bits per heavy atom. The van der Waals surface area contributed by atoms with E-state index < -0.39 is 4.92 Å². The van der Waals surface area contributed by atoms with Gasteiger partial charge >= 0.3 is 0 Å². The third-order valence-corrected chi connectivity index (χ3v) is 3.87. The number of hydrogen-bond donors (Lipinski definition) is 1. The maximum atomic E-state index is 10.7. The van der Waals surface area contributed by atoms with Crippen LogP contribution >= 0.6 is 15.9 Å². The van der Waals surface area contributed by atoms with Crippen molar-refractivity contribution in [3.8, 4) is 0 Å². The number of aromatic nitrogens is 1. The molecule has 1 aliphatic heterocycles. The monoisotopic (exact) mass is 344 g/mol. The molecule has 1 aromatic rings. The van der Waals surface area contributed by atoms with E-state index in [2.05, 4.69) is 31.1 Å². The van der Waals surface area contributed by atoms with Crippen LogP contribution in [-0.4, -0.2) is 54.2 Å². The van der Waals surface area contributed by atoms with Gasteiger partial charge in [-0.15, -0.1) is 0 Å². The van der Waals surface area contributed by atoms with Gasteiger partial charge in [-0.2, -0.15) is 0 Å². The number of rotatable bonds is 6. The topological polar surface area (TPSA) is 80.5 Å². The largest absolute Gasteiger partial charge is 0.383 e. The molecule has 1 saturated heterocycles. The maximum Gasteiger partial charge on any atom is 0.288 e. The molecular weight excluding hydrogens is 328 g/mol. The van der Waals surface area contributed by atoms with Gasteiger partial charge in [0.1, 0.15) is 12.0 Å². The van der Waals surface area contributed by atoms with Gasteiger partial charge in [0.15, 0.2) is 0 Å². The van der Waals surface area contributed by atoms with Gasteiger partial charge in [0.05, 0.1) is 16.0 Å². The molecule has 110 valence electrons. The molecule has 1 N–H and O–H groups in total. The van der Waals surface area contributed by atoms with Crippen LogP contribution in [-0.2, 0) is 4.74 Å². The summed E-state index contributed by atoms with van der Waals surface area (Å²) in [6.45, 7) is 3.59. The predicted molar refractivity (Wildman–Crippen MR) is 78.9 cm³/mol. The smallest absolute Gasteiger partial charge is 0.288 e. The fourth-order valence-electron chi connectivity index (χ4n) is 2.20. The highest BCUT2D eigenvalue weighted by atomic mass is 79.9. The normalized spacial score (nSPS) is 19.2. The van der Waals surface area contributed by atoms with E-state index in [0.717, 1.165) is 32.7 Å². The van der Waals surface area contributed by atoms with E-state index in [1.54, 1.807) is 7.11 Å². The predicted octanol–water partition coefficient (Wildman–Crippen LogP) is 1.88. The Bertz CT molecular complexity index is 486. The highest BCUT2D eigenvalue weighted by molar-refractivity contribution is 9.10. The Morgan fingerprint density at radius 2 is 2.50 bits per heavy atom. The lowest BCUT2D eigenvalue weighted by Crippen LogP contribution is -2.29. The van der Waals surface area contributed by atoms with Crippen molar-refractivity contribution in [3.05, 3.63) is 26.9 Å². The molecule has 8 heteroatoms. The van der Waals surface area contributed by atoms with Crippen molar-refractivity contribution in [2.45, 2.75) is 12.5 Å². The van der Waals surface area contributed by atoms with Crippen molar-refractivity contribution in [2.75, 3.05) is 38.7 Å². The minimum absolute atomic E-state index is 0.0180. The summed E-state index contributed by atoms with van der Waals surface area (Å²) in [6, 6.07) is 1.77. The van der Waals surface area contributed by atoms with Gasteiger partial charge in [-0.25, -0.2) is 4.98 Å². The highest BCUT2D eigenvalue weighted by Gasteiger charge is 2.23. The Kier molecular flexibility index (Phi) is 5.27. The molecule has 1 aromatic heterocycles. The number of nitrogens with zero attached hydrogens (tertiary/aromatic N) is 3. The first-order chi connectivity index (χ1) is 9.60. The minimum atomic E-state index is -0.455. The Hall–Kier alpha value is -1.25. The third kappa shape index (κ3) is 3.87. The quantitative estimate of drug-likeness (QED) is 0.626. The molecule has 0 bridgehead atoms. The average Bonchev–Trinajstić information content (AvgIpc) is 2.86. The molecule has 0 aromatic carbocycles. The second-order valence-electron chi connectivity index (χ2n) is 4.70. The van der Waals surface area contributed by atoms with Gasteiger partial charge in [0, 0.05) is 38.9 Å². The average molecular weight is 345 g/mol. The van der Waals surface area contributed by atoms with Gasteiger partial charge in [0.25, 0.3) is 5.69 Å². The Morgan fingerprint density at radius 3 is 3.15 bits per heavy atom. The molecule has 0 radical (unpaired) electrons. The summed E-state index contributed by atoms with van der Waals surface area (Å²) in [5.74, 6) is 0.647. The van der Waals surface area contributed by atoms with Crippen molar-refractivity contribution in [3.63, 3.8) is 0 Å². The van der Waals surface area contributed by atoms with E-state index >= 15 is 0 Å². The molecule has 1 aliphatic rings. The lowest BCUT2D eigenvalue weighted by Gasteiger charge is -2.16. The van der Waals surface area contributed by atoms with Crippen molar-refractivity contribution >= 4 is 27.4 Å². The van der Waals surface area contributed by atoms with Crippen molar-refractivity contribution in [1.82, 2.24) is 9.88 Å². The maximum absolute atomic E-state index is 10.7. The van der Waals surface area contributed by atoms with Gasteiger partial charge < -0.3 is 10.1 Å². The van der Waals surface area contributed by atoms with E-state index in [4.69, 9.17) is 4.74 Å². The molecular formula is C12H17BrN4O3. The summed E-state index contributed by atoms with van der Waals surface area (Å²) in [6.07, 6.45) is 2.29. The number of hydrogen-bond acceptors (Lipinski definition) is 6. The summed E-state index contributed by atoms with van der Waals surface area (Å²) in [5, 5.41) is 14.0. The number of pyridine rings is 1. The summed E-state index contributed by atoms with van der Waals surface area (Å²) in [4.78, 5) is 16.6. The lowest BCUT2D eigenvalue weighted by atomic mass is 10.2. The summed E-state index contributed by atoms with van der Waals surface area (Å²) >= 11 is 3.32. The van der Waals surface area contributed by atoms with Crippen LogP contribution < -0.4 is 5.32 Å². The summed E-state index contributed by atoms with van der Waals surface area (Å²) in [5.41, 5.74) is -0.0180. The van der Waals surface area contributed by atoms with Crippen LogP contribution in [0.1, 0.15) is 6.42 Å². The summed E-state index contributed by atoms with van der Waals surface area (Å²) < 4.78 is 5.68. The summed E-state index contributed by atoms with van der Waals surface area (Å²) in [7, 11) is 1.70. The van der Waals surface area contributed by atoms with Crippen LogP contribution in [0.2, 0.25) is 0 Å². The van der Waals surface area contributed by atoms with Crippen LogP contribution in [0.5, 0.6) is 0 Å². The molecule has 0 saturated carbocycles. The van der Waals surface area contributed by atoms with Gasteiger partial charge in [0.2, 0.25) is 0 Å². The molecule has 2 rings (SSSR count). The number of methoxy groups -OCH3 is 1. The molecule has 20 heavy (non-hydrogen) atoms. The zero-order chi connectivity index (χ0) is 14.5. The molecule has 0 unspecified atom stereocenters. The van der Waals surface area contributed by atoms with Crippen LogP contribution in [0, 0.1) is 10.1 Å². The van der Waals surface area contributed by atoms with Crippen LogP contribution in [0.25, 0.3) is 0 Å². The Labute approximate surface area is 125 Å². The Balaban J connectivity index is 1.92. The lowest BCUT2D eigenvalue weighted by molar-refractivity contribution is -0.385. The number of anilines is 1. The van der Waals surface area contributed by atoms with Gasteiger partial charge in [-0.3, -0.25) is 15.0 Å². The first-order valence-electron chi connectivity index (χ1n) is 6.38. The first-order valence-corrected chi connectivity index (χ1v) is 7.17. The van der Waals surface area contributed by atoms with E-state index in [9.17, 15) is 10.1 Å². The first kappa shape index (κ1) is 15.1. The van der Waals surface area contributed by atoms with E-state index in [-0.39, 0.29) is 5.69 Å². The minimum Gasteiger partial charge on any atom is -0.383 e. The zero-order valence-corrected chi connectivity index (χ0v) is 12.8. The fourth-order valence-corrected chi connectivity index (χ4v) is 2.65. The van der Waals surface area contributed by atoms with Crippen LogP contribution in [0.4, 0.5) is 11.5 Å². The second-order valence-corrected chi connectivity index (χ2v) is 5.56. The molecule has 0 aliphatic carbocycles. The molecule has 2 heterocycles. The molecule has 1 fully saturated rings. The van der Waals surface area contributed by atoms with Crippen molar-refractivity contribution < 1.29 is 9.66 Å². The molecule has 0 spiro atoms. The second kappa shape index (κ2) is 6.96. The fraction of sp³-hybridized carbons (Fsp3) is 0.583. The van der Waals surface area contributed by atoms with E-state index in [1.807, 2.05) is 0 Å². The van der Waals surface area contributed by atoms with Gasteiger partial charge in [-0.05, 0) is 22.4 Å². The number of ether oxygens (including phenoxy) is 1. The molecule has 0 amide bonds. The van der Waals surface area contributed by atoms with Crippen LogP contribution in [0.15, 0.2) is 16.7 Å². The molecule has 7 nitrogen and oxygen atoms in total. The standard InChI is InChI=1S/C12H17BrN4O3/c1-20-5-4-16-3-2-9(8-16)15-12-11(13)6-10(7-14-12)17(18)19/h6-7,9H,2-5,8H2,1H3,(H,14,15)/t9-/m0/s1. The number of likely N-dealkylation sites (tertiary alicyclic amines) is 1. The number of nitro groups is 1. The third-order valence-electron chi connectivity index (χ3n) is 3.26. The van der Waals surface area contributed by atoms with Crippen molar-refractivity contribution in [2.24, 2.45) is 0 Å². The van der Waals surface area contributed by atoms with Crippen LogP contribution in [0.3, 0.4) is 0 Å². The van der Waals surface area contributed by atoms with Gasteiger partial charge in [-0.1, -0.05) is 0 Å². The molecule has 1 atom stereocenters. The number of nitrogens with one attached hydrogen (secondary N) is 1. The van der Waals surface area contributed by atoms with E-state index in [0.29, 0.717) is 16.3 Å².